The van der Waals surface area contributed by atoms with Crippen molar-refractivity contribution in [2.75, 3.05) is 32.0 Å². The fourth-order valence-electron chi connectivity index (χ4n) is 2.56. The third-order valence-electron chi connectivity index (χ3n) is 3.95. The summed E-state index contributed by atoms with van der Waals surface area (Å²) in [4.78, 5) is 15.6. The van der Waals surface area contributed by atoms with E-state index in [2.05, 4.69) is 11.8 Å². The zero-order valence-electron chi connectivity index (χ0n) is 13.6. The average molecular weight is 321 g/mol. The zero-order chi connectivity index (χ0) is 15.6. The lowest BCUT2D eigenvalue weighted by molar-refractivity contribution is 0.0452. The number of likely N-dealkylation sites (tertiary alicyclic amines) is 1. The molecule has 3 nitrogen and oxygen atoms in total. The maximum atomic E-state index is 12.0. The molecule has 2 rings (SSSR count). The Morgan fingerprint density at radius 3 is 2.59 bits per heavy atom. The number of esters is 1. The van der Waals surface area contributed by atoms with Gasteiger partial charge in [0.25, 0.3) is 0 Å². The molecule has 0 radical (unpaired) electrons. The van der Waals surface area contributed by atoms with Crippen LogP contribution in [-0.2, 0) is 4.74 Å². The van der Waals surface area contributed by atoms with E-state index in [-0.39, 0.29) is 5.97 Å². The summed E-state index contributed by atoms with van der Waals surface area (Å²) in [5, 5.41) is 0. The Bertz CT molecular complexity index is 441. The molecule has 0 spiro atoms. The monoisotopic (exact) mass is 321 g/mol. The molecule has 1 aliphatic heterocycles. The topological polar surface area (TPSA) is 29.5 Å². The van der Waals surface area contributed by atoms with Crippen LogP contribution in [0, 0.1) is 0 Å². The third-order valence-corrected chi connectivity index (χ3v) is 5.04. The van der Waals surface area contributed by atoms with Crippen molar-refractivity contribution in [2.45, 2.75) is 43.9 Å². The van der Waals surface area contributed by atoms with Crippen LogP contribution in [0.1, 0.15) is 49.4 Å². The van der Waals surface area contributed by atoms with Crippen LogP contribution in [0.4, 0.5) is 0 Å². The SMILES string of the molecule is CCCCSc1ccc(C(=O)OCCN2CCCCC2)cc1. The van der Waals surface area contributed by atoms with E-state index in [1.807, 2.05) is 36.0 Å². The van der Waals surface area contributed by atoms with Gasteiger partial charge in [0, 0.05) is 11.4 Å². The van der Waals surface area contributed by atoms with Crippen LogP contribution in [-0.4, -0.2) is 42.9 Å². The van der Waals surface area contributed by atoms with Crippen LogP contribution in [0.15, 0.2) is 29.2 Å². The minimum Gasteiger partial charge on any atom is -0.461 e. The highest BCUT2D eigenvalue weighted by molar-refractivity contribution is 7.99. The van der Waals surface area contributed by atoms with Gasteiger partial charge >= 0.3 is 5.97 Å². The Morgan fingerprint density at radius 2 is 1.91 bits per heavy atom. The van der Waals surface area contributed by atoms with Crippen molar-refractivity contribution < 1.29 is 9.53 Å². The van der Waals surface area contributed by atoms with Crippen molar-refractivity contribution in [3.8, 4) is 0 Å². The van der Waals surface area contributed by atoms with Crippen molar-refractivity contribution in [1.29, 1.82) is 0 Å². The lowest BCUT2D eigenvalue weighted by atomic mass is 10.1. The quantitative estimate of drug-likeness (QED) is 0.407. The Kier molecular flexibility index (Phi) is 7.81. The average Bonchev–Trinajstić information content (AvgIpc) is 2.56. The van der Waals surface area contributed by atoms with Crippen LogP contribution in [0.25, 0.3) is 0 Å². The number of carbonyl (C=O) groups is 1. The van der Waals surface area contributed by atoms with Gasteiger partial charge in [-0.05, 0) is 62.4 Å². The van der Waals surface area contributed by atoms with Gasteiger partial charge in [0.05, 0.1) is 5.56 Å². The summed E-state index contributed by atoms with van der Waals surface area (Å²) >= 11 is 1.84. The first kappa shape index (κ1) is 17.4. The van der Waals surface area contributed by atoms with Gasteiger partial charge in [-0.1, -0.05) is 19.8 Å². The molecule has 0 amide bonds. The molecular formula is C18H27NO2S. The highest BCUT2D eigenvalue weighted by Crippen LogP contribution is 2.20. The summed E-state index contributed by atoms with van der Waals surface area (Å²) in [6.07, 6.45) is 6.31. The number of benzene rings is 1. The van der Waals surface area contributed by atoms with Crippen molar-refractivity contribution in [3.63, 3.8) is 0 Å². The molecule has 0 saturated carbocycles. The largest absolute Gasteiger partial charge is 0.461 e. The number of ether oxygens (including phenoxy) is 1. The van der Waals surface area contributed by atoms with Gasteiger partial charge in [-0.3, -0.25) is 4.90 Å². The molecule has 0 aromatic heterocycles. The number of rotatable bonds is 8. The summed E-state index contributed by atoms with van der Waals surface area (Å²) in [5.74, 6) is 0.929. The molecule has 1 fully saturated rings. The molecule has 1 heterocycles. The highest BCUT2D eigenvalue weighted by Gasteiger charge is 2.11. The molecule has 4 heteroatoms. The van der Waals surface area contributed by atoms with E-state index in [0.717, 1.165) is 25.4 Å². The first-order valence-corrected chi connectivity index (χ1v) is 9.40. The Balaban J connectivity index is 1.70. The molecule has 22 heavy (non-hydrogen) atoms. The normalized spacial score (nSPS) is 15.7. The van der Waals surface area contributed by atoms with Gasteiger partial charge in [0.2, 0.25) is 0 Å². The molecule has 122 valence electrons. The standard InChI is InChI=1S/C18H27NO2S/c1-2-3-15-22-17-9-7-16(8-10-17)18(20)21-14-13-19-11-5-4-6-12-19/h7-10H,2-6,11-15H2,1H3. The van der Waals surface area contributed by atoms with E-state index in [0.29, 0.717) is 12.2 Å². The van der Waals surface area contributed by atoms with Crippen LogP contribution in [0.2, 0.25) is 0 Å². The number of unbranched alkanes of at least 4 members (excludes halogenated alkanes) is 1. The molecule has 0 bridgehead atoms. The summed E-state index contributed by atoms with van der Waals surface area (Å²) < 4.78 is 5.38. The van der Waals surface area contributed by atoms with Crippen LogP contribution < -0.4 is 0 Å². The smallest absolute Gasteiger partial charge is 0.338 e. The van der Waals surface area contributed by atoms with E-state index in [9.17, 15) is 4.79 Å². The maximum Gasteiger partial charge on any atom is 0.338 e. The van der Waals surface area contributed by atoms with Gasteiger partial charge in [-0.2, -0.15) is 0 Å². The van der Waals surface area contributed by atoms with Gasteiger partial charge in [0.1, 0.15) is 6.61 Å². The molecular weight excluding hydrogens is 294 g/mol. The lowest BCUT2D eigenvalue weighted by Gasteiger charge is -2.25. The van der Waals surface area contributed by atoms with E-state index in [1.54, 1.807) is 0 Å². The highest BCUT2D eigenvalue weighted by atomic mass is 32.2. The van der Waals surface area contributed by atoms with Crippen LogP contribution in [0.5, 0.6) is 0 Å². The Hall–Kier alpha value is -1.00. The number of hydrogen-bond acceptors (Lipinski definition) is 4. The van der Waals surface area contributed by atoms with E-state index in [4.69, 9.17) is 4.74 Å². The molecule has 0 atom stereocenters. The molecule has 1 aromatic carbocycles. The van der Waals surface area contributed by atoms with E-state index < -0.39 is 0 Å². The molecule has 0 aliphatic carbocycles. The second kappa shape index (κ2) is 9.90. The Labute approximate surface area is 138 Å². The van der Waals surface area contributed by atoms with Crippen molar-refractivity contribution in [1.82, 2.24) is 4.90 Å². The van der Waals surface area contributed by atoms with Gasteiger partial charge in [-0.15, -0.1) is 11.8 Å². The molecule has 1 aromatic rings. The fourth-order valence-corrected chi connectivity index (χ4v) is 3.55. The van der Waals surface area contributed by atoms with E-state index >= 15 is 0 Å². The number of nitrogens with zero attached hydrogens (tertiary/aromatic N) is 1. The van der Waals surface area contributed by atoms with Gasteiger partial charge < -0.3 is 4.74 Å². The van der Waals surface area contributed by atoms with Crippen molar-refractivity contribution in [2.24, 2.45) is 0 Å². The van der Waals surface area contributed by atoms with Crippen molar-refractivity contribution in [3.05, 3.63) is 29.8 Å². The predicted octanol–water partition coefficient (Wildman–Crippen LogP) is 4.22. The Morgan fingerprint density at radius 1 is 1.18 bits per heavy atom. The second-order valence-electron chi connectivity index (χ2n) is 5.76. The number of hydrogen-bond donors (Lipinski definition) is 0. The van der Waals surface area contributed by atoms with Crippen LogP contribution >= 0.6 is 11.8 Å². The lowest BCUT2D eigenvalue weighted by Crippen LogP contribution is -2.33. The molecule has 1 aliphatic rings. The third kappa shape index (κ3) is 6.01. The fraction of sp³-hybridized carbons (Fsp3) is 0.611. The van der Waals surface area contributed by atoms with E-state index in [1.165, 1.54) is 37.0 Å². The molecule has 0 N–H and O–H groups in total. The number of thioether (sulfide) groups is 1. The summed E-state index contributed by atoms with van der Waals surface area (Å²) in [6.45, 7) is 5.83. The first-order chi connectivity index (χ1) is 10.8. The predicted molar refractivity (Wildman–Crippen MR) is 92.6 cm³/mol. The maximum absolute atomic E-state index is 12.0. The van der Waals surface area contributed by atoms with Crippen LogP contribution in [0.3, 0.4) is 0 Å². The first-order valence-electron chi connectivity index (χ1n) is 8.42. The molecule has 1 saturated heterocycles. The second-order valence-corrected chi connectivity index (χ2v) is 6.93. The number of carbonyl (C=O) groups excluding carboxylic acids is 1. The minimum absolute atomic E-state index is 0.206. The zero-order valence-corrected chi connectivity index (χ0v) is 14.4. The molecule has 0 unspecified atom stereocenters. The summed E-state index contributed by atoms with van der Waals surface area (Å²) in [6, 6.07) is 7.78. The van der Waals surface area contributed by atoms with Gasteiger partial charge in [-0.25, -0.2) is 4.79 Å². The van der Waals surface area contributed by atoms with Crippen molar-refractivity contribution >= 4 is 17.7 Å². The number of piperidine rings is 1. The summed E-state index contributed by atoms with van der Waals surface area (Å²) in [7, 11) is 0. The minimum atomic E-state index is -0.206. The van der Waals surface area contributed by atoms with Gasteiger partial charge in [0.15, 0.2) is 0 Å². The summed E-state index contributed by atoms with van der Waals surface area (Å²) in [5.41, 5.74) is 0.651.